The fourth-order valence-electron chi connectivity index (χ4n) is 4.22. The third-order valence-corrected chi connectivity index (χ3v) is 6.60. The molecular formula is C25H26FN3OS. The Morgan fingerprint density at radius 2 is 1.97 bits per heavy atom. The van der Waals surface area contributed by atoms with Crippen LogP contribution in [0.4, 0.5) is 15.8 Å². The third-order valence-electron chi connectivity index (χ3n) is 5.69. The second kappa shape index (κ2) is 8.00. The molecule has 0 bridgehead atoms. The highest BCUT2D eigenvalue weighted by atomic mass is 32.2. The highest BCUT2D eigenvalue weighted by Gasteiger charge is 2.31. The van der Waals surface area contributed by atoms with Crippen LogP contribution in [0.15, 0.2) is 52.4 Å². The number of likely N-dealkylation sites (N-methyl/N-ethyl adjacent to an activating group) is 1. The summed E-state index contributed by atoms with van der Waals surface area (Å²) >= 11 is 1.23. The van der Waals surface area contributed by atoms with E-state index in [2.05, 4.69) is 42.1 Å². The third kappa shape index (κ3) is 4.04. The first-order chi connectivity index (χ1) is 14.7. The Bertz CT molecular complexity index is 1160. The molecule has 2 aliphatic heterocycles. The first-order valence-corrected chi connectivity index (χ1v) is 11.2. The Morgan fingerprint density at radius 1 is 1.23 bits per heavy atom. The lowest BCUT2D eigenvalue weighted by Gasteiger charge is -2.42. The molecule has 31 heavy (non-hydrogen) atoms. The summed E-state index contributed by atoms with van der Waals surface area (Å²) in [7, 11) is 0. The standard InChI is InChI=1S/C25H26FN3OS/c1-6-29-21-13-19(26)17(11-18(21)16(3)14-25(29,4)5)12-22-23(30)28-24(31-22)27-20-10-8-7-9-15(20)2/h7-14H,6H2,1-5H3,(H,27,28,30)/b22-12+. The summed E-state index contributed by atoms with van der Waals surface area (Å²) in [6.07, 6.45) is 3.82. The van der Waals surface area contributed by atoms with Crippen LogP contribution >= 0.6 is 11.8 Å². The fourth-order valence-corrected chi connectivity index (χ4v) is 5.05. The molecule has 0 unspecified atom stereocenters. The smallest absolute Gasteiger partial charge is 0.264 e. The first-order valence-electron chi connectivity index (χ1n) is 10.4. The number of allylic oxidation sites excluding steroid dienone is 1. The van der Waals surface area contributed by atoms with E-state index in [0.29, 0.717) is 15.6 Å². The van der Waals surface area contributed by atoms with Crippen LogP contribution in [0.1, 0.15) is 44.4 Å². The normalized spacial score (nSPS) is 20.1. The molecule has 2 aromatic carbocycles. The summed E-state index contributed by atoms with van der Waals surface area (Å²) in [4.78, 5) is 19.6. The predicted octanol–water partition coefficient (Wildman–Crippen LogP) is 6.05. The number of thioether (sulfide) groups is 1. The van der Waals surface area contributed by atoms with Crippen molar-refractivity contribution in [1.29, 1.82) is 0 Å². The number of amidine groups is 1. The molecular weight excluding hydrogens is 409 g/mol. The zero-order valence-corrected chi connectivity index (χ0v) is 19.2. The van der Waals surface area contributed by atoms with Crippen LogP contribution in [0.2, 0.25) is 0 Å². The number of para-hydroxylation sites is 1. The van der Waals surface area contributed by atoms with E-state index >= 15 is 4.39 Å². The number of fused-ring (bicyclic) bond motifs is 1. The van der Waals surface area contributed by atoms with Crippen LogP contribution in [0.3, 0.4) is 0 Å². The maximum atomic E-state index is 15.1. The van der Waals surface area contributed by atoms with Crippen LogP contribution in [0.25, 0.3) is 11.6 Å². The Kier molecular flexibility index (Phi) is 5.52. The summed E-state index contributed by atoms with van der Waals surface area (Å²) in [6, 6.07) is 11.1. The van der Waals surface area contributed by atoms with Crippen molar-refractivity contribution < 1.29 is 9.18 Å². The number of rotatable bonds is 3. The van der Waals surface area contributed by atoms with Gasteiger partial charge in [-0.25, -0.2) is 9.38 Å². The molecule has 2 aliphatic rings. The fraction of sp³-hybridized carbons (Fsp3) is 0.280. The average molecular weight is 436 g/mol. The van der Waals surface area contributed by atoms with Crippen molar-refractivity contribution in [2.75, 3.05) is 11.4 Å². The summed E-state index contributed by atoms with van der Waals surface area (Å²) in [5.41, 5.74) is 5.03. The minimum absolute atomic E-state index is 0.180. The highest BCUT2D eigenvalue weighted by Crippen LogP contribution is 2.40. The van der Waals surface area contributed by atoms with Crippen LogP contribution < -0.4 is 10.2 Å². The molecule has 1 amide bonds. The van der Waals surface area contributed by atoms with Gasteiger partial charge in [0, 0.05) is 23.4 Å². The molecule has 4 nitrogen and oxygen atoms in total. The minimum Gasteiger partial charge on any atom is -0.363 e. The van der Waals surface area contributed by atoms with Crippen molar-refractivity contribution in [2.45, 2.75) is 40.2 Å². The molecule has 160 valence electrons. The largest absolute Gasteiger partial charge is 0.363 e. The average Bonchev–Trinajstić information content (AvgIpc) is 3.03. The van der Waals surface area contributed by atoms with Crippen molar-refractivity contribution >= 4 is 45.9 Å². The monoisotopic (exact) mass is 435 g/mol. The molecule has 4 rings (SSSR count). The summed E-state index contributed by atoms with van der Waals surface area (Å²) in [5.74, 6) is -0.606. The minimum atomic E-state index is -0.340. The molecule has 6 heteroatoms. The SMILES string of the molecule is CCN1c2cc(F)c(/C=C3/SC(=Nc4ccccc4C)NC3=O)cc2C(C)=CC1(C)C. The molecule has 1 fully saturated rings. The topological polar surface area (TPSA) is 44.7 Å². The summed E-state index contributed by atoms with van der Waals surface area (Å²) in [6.45, 7) is 11.1. The molecule has 1 saturated heterocycles. The maximum Gasteiger partial charge on any atom is 0.264 e. The molecule has 0 radical (unpaired) electrons. The van der Waals surface area contributed by atoms with E-state index in [-0.39, 0.29) is 17.3 Å². The van der Waals surface area contributed by atoms with Gasteiger partial charge in [-0.15, -0.1) is 0 Å². The second-order valence-electron chi connectivity index (χ2n) is 8.38. The quantitative estimate of drug-likeness (QED) is 0.597. The van der Waals surface area contributed by atoms with Gasteiger partial charge < -0.3 is 10.2 Å². The number of anilines is 1. The molecule has 2 heterocycles. The van der Waals surface area contributed by atoms with Crippen LogP contribution in [-0.2, 0) is 4.79 Å². The van der Waals surface area contributed by atoms with Crippen LogP contribution in [0, 0.1) is 12.7 Å². The van der Waals surface area contributed by atoms with Crippen molar-refractivity contribution in [3.05, 3.63) is 69.9 Å². The predicted molar refractivity (Wildman–Crippen MR) is 129 cm³/mol. The van der Waals surface area contributed by atoms with Gasteiger partial charge in [0.25, 0.3) is 5.91 Å². The molecule has 0 spiro atoms. The lowest BCUT2D eigenvalue weighted by atomic mass is 9.88. The Balaban J connectivity index is 1.69. The number of nitrogens with zero attached hydrogens (tertiary/aromatic N) is 2. The van der Waals surface area contributed by atoms with Crippen molar-refractivity contribution in [3.63, 3.8) is 0 Å². The van der Waals surface area contributed by atoms with Crippen molar-refractivity contribution in [3.8, 4) is 0 Å². The van der Waals surface area contributed by atoms with Crippen molar-refractivity contribution in [2.24, 2.45) is 4.99 Å². The van der Waals surface area contributed by atoms with E-state index < -0.39 is 0 Å². The number of carbonyl (C=O) groups excluding carboxylic acids is 1. The maximum absolute atomic E-state index is 15.1. The molecule has 0 aliphatic carbocycles. The Labute approximate surface area is 186 Å². The van der Waals surface area contributed by atoms with Gasteiger partial charge in [0.2, 0.25) is 0 Å². The summed E-state index contributed by atoms with van der Waals surface area (Å²) in [5, 5.41) is 3.28. The van der Waals surface area contributed by atoms with Crippen LogP contribution in [0.5, 0.6) is 0 Å². The van der Waals surface area contributed by atoms with Gasteiger partial charge in [-0.05, 0) is 81.8 Å². The number of aliphatic imine (C=N–C) groups is 1. The van der Waals surface area contributed by atoms with E-state index in [0.717, 1.165) is 34.6 Å². The zero-order chi connectivity index (χ0) is 22.3. The summed E-state index contributed by atoms with van der Waals surface area (Å²) < 4.78 is 15.1. The van der Waals surface area contributed by atoms with E-state index in [4.69, 9.17) is 0 Å². The molecule has 2 aromatic rings. The van der Waals surface area contributed by atoms with Gasteiger partial charge in [0.1, 0.15) is 5.82 Å². The number of benzene rings is 2. The van der Waals surface area contributed by atoms with E-state index in [1.807, 2.05) is 44.2 Å². The number of aryl methyl sites for hydroxylation is 1. The van der Waals surface area contributed by atoms with Gasteiger partial charge in [0.15, 0.2) is 5.17 Å². The van der Waals surface area contributed by atoms with E-state index in [1.54, 1.807) is 12.1 Å². The number of hydrogen-bond donors (Lipinski definition) is 1. The molecule has 0 atom stereocenters. The van der Waals surface area contributed by atoms with E-state index in [9.17, 15) is 4.79 Å². The second-order valence-corrected chi connectivity index (χ2v) is 9.42. The highest BCUT2D eigenvalue weighted by molar-refractivity contribution is 8.18. The number of halogens is 1. The molecule has 0 saturated carbocycles. The van der Waals surface area contributed by atoms with Gasteiger partial charge in [0.05, 0.1) is 16.1 Å². The van der Waals surface area contributed by atoms with E-state index in [1.165, 1.54) is 11.8 Å². The van der Waals surface area contributed by atoms with Gasteiger partial charge in [-0.1, -0.05) is 24.3 Å². The van der Waals surface area contributed by atoms with Crippen LogP contribution in [-0.4, -0.2) is 23.2 Å². The number of carbonyl (C=O) groups is 1. The molecule has 1 N–H and O–H groups in total. The van der Waals surface area contributed by atoms with Gasteiger partial charge in [-0.3, -0.25) is 4.79 Å². The first kappa shape index (κ1) is 21.4. The van der Waals surface area contributed by atoms with Gasteiger partial charge >= 0.3 is 0 Å². The lowest BCUT2D eigenvalue weighted by Crippen LogP contribution is -2.45. The van der Waals surface area contributed by atoms with Gasteiger partial charge in [-0.2, -0.15) is 0 Å². The molecule has 0 aromatic heterocycles. The Hall–Kier alpha value is -2.86. The lowest BCUT2D eigenvalue weighted by molar-refractivity contribution is -0.115. The zero-order valence-electron chi connectivity index (χ0n) is 18.4. The Morgan fingerprint density at radius 3 is 2.68 bits per heavy atom. The van der Waals surface area contributed by atoms with Crippen molar-refractivity contribution in [1.82, 2.24) is 5.32 Å². The number of nitrogens with one attached hydrogen (secondary N) is 1. The number of amides is 1. The number of hydrogen-bond acceptors (Lipinski definition) is 4.